The molecular weight excluding hydrogens is 446 g/mol. The zero-order valence-electron chi connectivity index (χ0n) is 21.0. The van der Waals surface area contributed by atoms with E-state index in [1.807, 2.05) is 30.9 Å². The molecule has 5 fully saturated rings. The number of carbonyl (C=O) groups is 2. The highest BCUT2D eigenvalue weighted by molar-refractivity contribution is 6.05. The van der Waals surface area contributed by atoms with Crippen LogP contribution in [0.5, 0.6) is 5.75 Å². The number of hydrogen-bond acceptors (Lipinski definition) is 6. The second-order valence-electron chi connectivity index (χ2n) is 12.3. The lowest BCUT2D eigenvalue weighted by Gasteiger charge is -2.62. The Labute approximate surface area is 205 Å². The molecule has 5 atom stereocenters. The molecular formula is C27H33N3O5. The minimum Gasteiger partial charge on any atom is -0.483 e. The predicted molar refractivity (Wildman–Crippen MR) is 128 cm³/mol. The number of nitrogens with zero attached hydrogens (tertiary/aromatic N) is 1. The van der Waals surface area contributed by atoms with Crippen molar-refractivity contribution in [2.75, 3.05) is 19.0 Å². The molecule has 0 radical (unpaired) electrons. The number of benzene rings is 1. The SMILES string of the molecule is CO[C@]12C[C@@]34NC(=O)[C@]5(CCCN5C3=O)C[C@H]4C(C)(C)[C@H](Nc3c1ccc1c3C=CC(C)(C)O1)O2. The summed E-state index contributed by atoms with van der Waals surface area (Å²) in [6, 6.07) is 3.92. The molecule has 8 rings (SSSR count). The van der Waals surface area contributed by atoms with Gasteiger partial charge in [0, 0.05) is 42.5 Å². The molecule has 4 bridgehead atoms. The van der Waals surface area contributed by atoms with Gasteiger partial charge in [-0.05, 0) is 57.4 Å². The van der Waals surface area contributed by atoms with Crippen LogP contribution in [-0.2, 0) is 24.8 Å². The van der Waals surface area contributed by atoms with E-state index in [1.54, 1.807) is 7.11 Å². The van der Waals surface area contributed by atoms with Crippen LogP contribution in [0.15, 0.2) is 18.2 Å². The average molecular weight is 480 g/mol. The van der Waals surface area contributed by atoms with Crippen LogP contribution in [0.2, 0.25) is 0 Å². The highest BCUT2D eigenvalue weighted by Gasteiger charge is 2.75. The van der Waals surface area contributed by atoms with E-state index >= 15 is 0 Å². The summed E-state index contributed by atoms with van der Waals surface area (Å²) in [5.41, 5.74) is -0.0365. The molecule has 0 aromatic heterocycles. The van der Waals surface area contributed by atoms with Crippen LogP contribution in [0.25, 0.3) is 6.08 Å². The Balaban J connectivity index is 1.45. The van der Waals surface area contributed by atoms with Crippen molar-refractivity contribution in [3.63, 3.8) is 0 Å². The molecule has 35 heavy (non-hydrogen) atoms. The van der Waals surface area contributed by atoms with Crippen molar-refractivity contribution < 1.29 is 23.8 Å². The molecule has 7 aliphatic rings. The third kappa shape index (κ3) is 2.40. The van der Waals surface area contributed by atoms with E-state index in [4.69, 9.17) is 14.2 Å². The summed E-state index contributed by atoms with van der Waals surface area (Å²) in [6.45, 7) is 8.99. The lowest BCUT2D eigenvalue weighted by Crippen LogP contribution is -2.83. The number of rotatable bonds is 1. The summed E-state index contributed by atoms with van der Waals surface area (Å²) in [5.74, 6) is -0.531. The Morgan fingerprint density at radius 1 is 1.17 bits per heavy atom. The predicted octanol–water partition coefficient (Wildman–Crippen LogP) is 3.12. The van der Waals surface area contributed by atoms with E-state index in [1.165, 1.54) is 0 Å². The maximum Gasteiger partial charge on any atom is 0.249 e. The summed E-state index contributed by atoms with van der Waals surface area (Å²) in [5, 5.41) is 6.93. The summed E-state index contributed by atoms with van der Waals surface area (Å²) < 4.78 is 19.3. The molecule has 1 aromatic rings. The fourth-order valence-electron chi connectivity index (χ4n) is 7.82. The number of hydrogen-bond donors (Lipinski definition) is 2. The van der Waals surface area contributed by atoms with Gasteiger partial charge in [-0.15, -0.1) is 0 Å². The van der Waals surface area contributed by atoms with Gasteiger partial charge in [0.25, 0.3) is 0 Å². The van der Waals surface area contributed by atoms with E-state index in [9.17, 15) is 9.59 Å². The summed E-state index contributed by atoms with van der Waals surface area (Å²) >= 11 is 0. The third-order valence-electron chi connectivity index (χ3n) is 9.65. The first-order valence-corrected chi connectivity index (χ1v) is 12.7. The van der Waals surface area contributed by atoms with Crippen LogP contribution in [0.3, 0.4) is 0 Å². The Morgan fingerprint density at radius 3 is 2.74 bits per heavy atom. The van der Waals surface area contributed by atoms with E-state index < -0.39 is 34.1 Å². The van der Waals surface area contributed by atoms with Gasteiger partial charge in [0.2, 0.25) is 17.6 Å². The number of piperazine rings is 1. The number of anilines is 1. The van der Waals surface area contributed by atoms with Gasteiger partial charge in [-0.25, -0.2) is 0 Å². The van der Waals surface area contributed by atoms with Gasteiger partial charge in [-0.2, -0.15) is 0 Å². The van der Waals surface area contributed by atoms with Crippen LogP contribution in [0, 0.1) is 11.3 Å². The van der Waals surface area contributed by atoms with Crippen molar-refractivity contribution in [3.8, 4) is 5.75 Å². The quantitative estimate of drug-likeness (QED) is 0.644. The number of ether oxygens (including phenoxy) is 3. The minimum atomic E-state index is -1.20. The van der Waals surface area contributed by atoms with Crippen LogP contribution in [0.1, 0.15) is 64.5 Å². The van der Waals surface area contributed by atoms with E-state index in [0.29, 0.717) is 19.4 Å². The molecule has 1 aromatic carbocycles. The minimum absolute atomic E-state index is 0.0102. The highest BCUT2D eigenvalue weighted by Crippen LogP contribution is 2.63. The van der Waals surface area contributed by atoms with E-state index in [2.05, 4.69) is 36.6 Å². The zero-order valence-corrected chi connectivity index (χ0v) is 21.0. The first-order chi connectivity index (χ1) is 16.5. The van der Waals surface area contributed by atoms with Crippen LogP contribution in [-0.4, -0.2) is 53.3 Å². The molecule has 186 valence electrons. The zero-order chi connectivity index (χ0) is 24.6. The highest BCUT2D eigenvalue weighted by atomic mass is 16.7. The maximum absolute atomic E-state index is 14.2. The summed E-state index contributed by atoms with van der Waals surface area (Å²) in [7, 11) is 1.63. The van der Waals surface area contributed by atoms with E-state index in [-0.39, 0.29) is 24.2 Å². The molecule has 2 spiro atoms. The fourth-order valence-corrected chi connectivity index (χ4v) is 7.82. The van der Waals surface area contributed by atoms with Crippen molar-refractivity contribution in [2.45, 2.75) is 82.1 Å². The second-order valence-corrected chi connectivity index (χ2v) is 12.3. The molecule has 0 saturated carbocycles. The molecule has 8 heteroatoms. The third-order valence-corrected chi connectivity index (χ3v) is 9.65. The fraction of sp³-hybridized carbons (Fsp3) is 0.630. The number of fused-ring (bicyclic) bond motifs is 7. The molecule has 0 unspecified atom stereocenters. The van der Waals surface area contributed by atoms with Crippen LogP contribution in [0.4, 0.5) is 5.69 Å². The number of amides is 2. The van der Waals surface area contributed by atoms with Gasteiger partial charge in [-0.3, -0.25) is 9.59 Å². The molecule has 7 aliphatic heterocycles. The lowest BCUT2D eigenvalue weighted by molar-refractivity contribution is -0.269. The van der Waals surface area contributed by atoms with Gasteiger partial charge in [0.15, 0.2) is 0 Å². The van der Waals surface area contributed by atoms with Crippen LogP contribution < -0.4 is 15.4 Å². The van der Waals surface area contributed by atoms with Crippen molar-refractivity contribution in [3.05, 3.63) is 29.3 Å². The number of nitrogens with one attached hydrogen (secondary N) is 2. The lowest BCUT2D eigenvalue weighted by atomic mass is 9.55. The van der Waals surface area contributed by atoms with Crippen molar-refractivity contribution in [1.82, 2.24) is 10.2 Å². The van der Waals surface area contributed by atoms with Crippen LogP contribution >= 0.6 is 0 Å². The summed E-state index contributed by atoms with van der Waals surface area (Å²) in [4.78, 5) is 29.6. The van der Waals surface area contributed by atoms with Gasteiger partial charge in [-0.1, -0.05) is 13.8 Å². The van der Waals surface area contributed by atoms with E-state index in [0.717, 1.165) is 29.0 Å². The Bertz CT molecular complexity index is 1220. The molecule has 8 nitrogen and oxygen atoms in total. The Morgan fingerprint density at radius 2 is 1.97 bits per heavy atom. The largest absolute Gasteiger partial charge is 0.483 e. The topological polar surface area (TPSA) is 89.1 Å². The molecule has 0 aliphatic carbocycles. The molecule has 2 amide bonds. The van der Waals surface area contributed by atoms with Gasteiger partial charge in [0.05, 0.1) is 5.69 Å². The number of piperidine rings is 2. The van der Waals surface area contributed by atoms with Crippen molar-refractivity contribution in [1.29, 1.82) is 0 Å². The first kappa shape index (κ1) is 21.7. The molecule has 7 heterocycles. The average Bonchev–Trinajstić information content (AvgIpc) is 3.22. The smallest absolute Gasteiger partial charge is 0.249 e. The maximum atomic E-state index is 14.2. The Kier molecular flexibility index (Phi) is 3.85. The second kappa shape index (κ2) is 6.21. The van der Waals surface area contributed by atoms with Gasteiger partial charge >= 0.3 is 0 Å². The summed E-state index contributed by atoms with van der Waals surface area (Å²) in [6.07, 6.45) is 6.16. The van der Waals surface area contributed by atoms with Crippen molar-refractivity contribution in [2.24, 2.45) is 11.3 Å². The molecule has 2 N–H and O–H groups in total. The normalized spacial score (nSPS) is 41.0. The Hall–Kier alpha value is -2.58. The number of carbonyl (C=O) groups excluding carboxylic acids is 2. The monoisotopic (exact) mass is 479 g/mol. The molecule has 5 saturated heterocycles. The van der Waals surface area contributed by atoms with Gasteiger partial charge in [0.1, 0.15) is 28.7 Å². The number of methoxy groups -OCH3 is 1. The first-order valence-electron chi connectivity index (χ1n) is 12.7. The van der Waals surface area contributed by atoms with Crippen molar-refractivity contribution >= 4 is 23.6 Å². The standard InChI is InChI=1S/C27H33N3O5/c1-23(2)11-9-15-17(34-23)8-7-16-19(15)28-21-24(3,4)18-13-25-10-6-12-30(25)22(32)26(18,29-20(25)31)14-27(16,33-5)35-21/h7-9,11,18,21,28H,6,10,12-14H2,1-5H3,(H,29,31)/t18-,21+,25-,26-,27-/m0/s1. The van der Waals surface area contributed by atoms with Gasteiger partial charge < -0.3 is 29.7 Å².